The first-order chi connectivity index (χ1) is 9.16. The first kappa shape index (κ1) is 11.9. The number of hydrogen-bond acceptors (Lipinski definition) is 2. The minimum Gasteiger partial charge on any atom is -0.477 e. The number of halogens is 1. The standard InChI is InChI=1S/C14H9BrN2O2/c15-10-7-9-3-1-4-11(13(9)16-8-10)17-6-2-5-12(17)14(18)19/h1-8H,(H,18,19). The van der Waals surface area contributed by atoms with Gasteiger partial charge in [0, 0.05) is 22.3 Å². The molecule has 94 valence electrons. The van der Waals surface area contributed by atoms with Crippen molar-refractivity contribution in [1.29, 1.82) is 0 Å². The molecule has 0 radical (unpaired) electrons. The van der Waals surface area contributed by atoms with E-state index in [1.165, 1.54) is 0 Å². The van der Waals surface area contributed by atoms with Gasteiger partial charge in [-0.1, -0.05) is 12.1 Å². The van der Waals surface area contributed by atoms with Gasteiger partial charge in [-0.25, -0.2) is 4.79 Å². The maximum atomic E-state index is 11.2. The van der Waals surface area contributed by atoms with E-state index in [9.17, 15) is 9.90 Å². The Morgan fingerprint density at radius 2 is 2.11 bits per heavy atom. The summed E-state index contributed by atoms with van der Waals surface area (Å²) in [5.74, 6) is -0.959. The van der Waals surface area contributed by atoms with Crippen LogP contribution in [0.5, 0.6) is 0 Å². The van der Waals surface area contributed by atoms with Crippen molar-refractivity contribution in [2.75, 3.05) is 0 Å². The molecular weight excluding hydrogens is 308 g/mol. The highest BCUT2D eigenvalue weighted by Crippen LogP contribution is 2.24. The maximum Gasteiger partial charge on any atom is 0.352 e. The molecule has 0 atom stereocenters. The Morgan fingerprint density at radius 3 is 2.89 bits per heavy atom. The lowest BCUT2D eigenvalue weighted by Crippen LogP contribution is -2.06. The van der Waals surface area contributed by atoms with Gasteiger partial charge < -0.3 is 9.67 Å². The SMILES string of the molecule is O=C(O)c1cccn1-c1cccc2cc(Br)cnc12. The van der Waals surface area contributed by atoms with Crippen molar-refractivity contribution in [2.45, 2.75) is 0 Å². The quantitative estimate of drug-likeness (QED) is 0.787. The van der Waals surface area contributed by atoms with Gasteiger partial charge in [0.2, 0.25) is 0 Å². The van der Waals surface area contributed by atoms with Gasteiger partial charge in [-0.2, -0.15) is 0 Å². The van der Waals surface area contributed by atoms with Crippen molar-refractivity contribution >= 4 is 32.8 Å². The van der Waals surface area contributed by atoms with Crippen molar-refractivity contribution in [1.82, 2.24) is 9.55 Å². The normalized spacial score (nSPS) is 10.8. The topological polar surface area (TPSA) is 55.1 Å². The molecule has 2 heterocycles. The fourth-order valence-electron chi connectivity index (χ4n) is 2.08. The molecule has 0 bridgehead atoms. The van der Waals surface area contributed by atoms with Crippen LogP contribution in [0.4, 0.5) is 0 Å². The van der Waals surface area contributed by atoms with E-state index in [1.807, 2.05) is 24.3 Å². The zero-order valence-electron chi connectivity index (χ0n) is 9.75. The number of carbonyl (C=O) groups is 1. The minimum absolute atomic E-state index is 0.220. The number of rotatable bonds is 2. The molecular formula is C14H9BrN2O2. The van der Waals surface area contributed by atoms with Crippen molar-refractivity contribution in [2.24, 2.45) is 0 Å². The molecule has 2 aromatic heterocycles. The van der Waals surface area contributed by atoms with Gasteiger partial charge in [0.1, 0.15) is 5.69 Å². The number of hydrogen-bond donors (Lipinski definition) is 1. The minimum atomic E-state index is -0.959. The molecule has 0 unspecified atom stereocenters. The molecule has 5 heteroatoms. The maximum absolute atomic E-state index is 11.2. The zero-order valence-corrected chi connectivity index (χ0v) is 11.3. The third kappa shape index (κ3) is 2.02. The molecule has 3 aromatic rings. The number of aromatic nitrogens is 2. The second kappa shape index (κ2) is 4.51. The van der Waals surface area contributed by atoms with Crippen molar-refractivity contribution in [3.05, 3.63) is 59.0 Å². The molecule has 1 N–H and O–H groups in total. The third-order valence-electron chi connectivity index (χ3n) is 2.88. The van der Waals surface area contributed by atoms with E-state index in [2.05, 4.69) is 20.9 Å². The largest absolute Gasteiger partial charge is 0.477 e. The zero-order chi connectivity index (χ0) is 13.4. The molecule has 0 spiro atoms. The third-order valence-corrected chi connectivity index (χ3v) is 3.32. The van der Waals surface area contributed by atoms with Gasteiger partial charge in [-0.05, 0) is 40.2 Å². The van der Waals surface area contributed by atoms with Crippen LogP contribution in [0.2, 0.25) is 0 Å². The smallest absolute Gasteiger partial charge is 0.352 e. The summed E-state index contributed by atoms with van der Waals surface area (Å²) in [6.07, 6.45) is 3.43. The Labute approximate surface area is 117 Å². The van der Waals surface area contributed by atoms with E-state index in [4.69, 9.17) is 0 Å². The molecule has 3 rings (SSSR count). The molecule has 0 fully saturated rings. The summed E-state index contributed by atoms with van der Waals surface area (Å²) in [6.45, 7) is 0. The van der Waals surface area contributed by atoms with E-state index in [0.29, 0.717) is 0 Å². The van der Waals surface area contributed by atoms with Crippen molar-refractivity contribution in [3.63, 3.8) is 0 Å². The van der Waals surface area contributed by atoms with Crippen LogP contribution < -0.4 is 0 Å². The van der Waals surface area contributed by atoms with E-state index in [-0.39, 0.29) is 5.69 Å². The van der Waals surface area contributed by atoms with E-state index in [0.717, 1.165) is 21.1 Å². The molecule has 0 saturated heterocycles. The number of pyridine rings is 1. The van der Waals surface area contributed by atoms with Gasteiger partial charge in [0.25, 0.3) is 0 Å². The average molecular weight is 317 g/mol. The molecule has 0 aliphatic heterocycles. The fourth-order valence-corrected chi connectivity index (χ4v) is 2.43. The summed E-state index contributed by atoms with van der Waals surface area (Å²) < 4.78 is 2.52. The van der Waals surface area contributed by atoms with Crippen LogP contribution in [0.25, 0.3) is 16.6 Å². The van der Waals surface area contributed by atoms with Crippen molar-refractivity contribution < 1.29 is 9.90 Å². The first-order valence-electron chi connectivity index (χ1n) is 5.62. The van der Waals surface area contributed by atoms with Gasteiger partial charge >= 0.3 is 5.97 Å². The molecule has 0 aliphatic rings. The van der Waals surface area contributed by atoms with Gasteiger partial charge in [0.05, 0.1) is 11.2 Å². The van der Waals surface area contributed by atoms with Crippen LogP contribution >= 0.6 is 15.9 Å². The summed E-state index contributed by atoms with van der Waals surface area (Å²) in [6, 6.07) is 10.9. The van der Waals surface area contributed by atoms with Gasteiger partial charge in [0.15, 0.2) is 0 Å². The van der Waals surface area contributed by atoms with Crippen LogP contribution in [-0.4, -0.2) is 20.6 Å². The monoisotopic (exact) mass is 316 g/mol. The van der Waals surface area contributed by atoms with Gasteiger partial charge in [-0.15, -0.1) is 0 Å². The Hall–Kier alpha value is -2.14. The summed E-state index contributed by atoms with van der Waals surface area (Å²) in [7, 11) is 0. The van der Waals surface area contributed by atoms with E-state index >= 15 is 0 Å². The second-order valence-electron chi connectivity index (χ2n) is 4.07. The molecule has 0 amide bonds. The second-order valence-corrected chi connectivity index (χ2v) is 4.99. The Balaban J connectivity index is 2.31. The molecule has 19 heavy (non-hydrogen) atoms. The average Bonchev–Trinajstić information content (AvgIpc) is 2.86. The highest BCUT2D eigenvalue weighted by molar-refractivity contribution is 9.10. The molecule has 1 aromatic carbocycles. The Bertz CT molecular complexity index is 780. The number of carboxylic acids is 1. The Morgan fingerprint density at radius 1 is 1.26 bits per heavy atom. The van der Waals surface area contributed by atoms with Crippen LogP contribution in [0.1, 0.15) is 10.5 Å². The van der Waals surface area contributed by atoms with E-state index < -0.39 is 5.97 Å². The summed E-state index contributed by atoms with van der Waals surface area (Å²) in [5.41, 5.74) is 1.74. The predicted octanol–water partition coefficient (Wildman–Crippen LogP) is 3.49. The van der Waals surface area contributed by atoms with Crippen LogP contribution in [0, 0.1) is 0 Å². The predicted molar refractivity (Wildman–Crippen MR) is 75.7 cm³/mol. The summed E-state index contributed by atoms with van der Waals surface area (Å²) in [5, 5.41) is 10.1. The molecule has 4 nitrogen and oxygen atoms in total. The highest BCUT2D eigenvalue weighted by Gasteiger charge is 2.12. The summed E-state index contributed by atoms with van der Waals surface area (Å²) in [4.78, 5) is 15.6. The number of para-hydroxylation sites is 1. The fraction of sp³-hybridized carbons (Fsp3) is 0. The lowest BCUT2D eigenvalue weighted by atomic mass is 10.2. The van der Waals surface area contributed by atoms with Crippen molar-refractivity contribution in [3.8, 4) is 5.69 Å². The van der Waals surface area contributed by atoms with Crippen LogP contribution in [0.15, 0.2) is 53.3 Å². The molecule has 0 saturated carbocycles. The summed E-state index contributed by atoms with van der Waals surface area (Å²) >= 11 is 3.38. The lowest BCUT2D eigenvalue weighted by molar-refractivity contribution is 0.0688. The molecule has 0 aliphatic carbocycles. The number of benzene rings is 1. The van der Waals surface area contributed by atoms with Crippen LogP contribution in [-0.2, 0) is 0 Å². The van der Waals surface area contributed by atoms with Crippen LogP contribution in [0.3, 0.4) is 0 Å². The van der Waals surface area contributed by atoms with Gasteiger partial charge in [-0.3, -0.25) is 4.98 Å². The number of nitrogens with zero attached hydrogens (tertiary/aromatic N) is 2. The number of aromatic carboxylic acids is 1. The van der Waals surface area contributed by atoms with E-state index in [1.54, 1.807) is 29.1 Å². The highest BCUT2D eigenvalue weighted by atomic mass is 79.9. The lowest BCUT2D eigenvalue weighted by Gasteiger charge is -2.09. The number of carboxylic acid groups (broad SMARTS) is 1. The Kier molecular flexibility index (Phi) is 2.83. The number of fused-ring (bicyclic) bond motifs is 1. The first-order valence-corrected chi connectivity index (χ1v) is 6.41.